The highest BCUT2D eigenvalue weighted by Gasteiger charge is 2.24. The van der Waals surface area contributed by atoms with Crippen LogP contribution in [0.2, 0.25) is 10.0 Å². The van der Waals surface area contributed by atoms with E-state index in [1.54, 1.807) is 41.4 Å². The third-order valence-corrected chi connectivity index (χ3v) is 4.41. The van der Waals surface area contributed by atoms with Crippen molar-refractivity contribution < 1.29 is 14.3 Å². The minimum absolute atomic E-state index is 0.0346. The van der Waals surface area contributed by atoms with Crippen LogP contribution in [0.3, 0.4) is 0 Å². The summed E-state index contributed by atoms with van der Waals surface area (Å²) in [7, 11) is 0. The Bertz CT molecular complexity index is 722. The lowest BCUT2D eigenvalue weighted by Crippen LogP contribution is -2.43. The van der Waals surface area contributed by atoms with Crippen LogP contribution < -0.4 is 9.47 Å². The lowest BCUT2D eigenvalue weighted by atomic mass is 10.1. The van der Waals surface area contributed by atoms with Gasteiger partial charge in [-0.25, -0.2) is 0 Å². The van der Waals surface area contributed by atoms with E-state index in [0.29, 0.717) is 34.8 Å². The molecule has 132 valence electrons. The van der Waals surface area contributed by atoms with E-state index in [2.05, 4.69) is 10.2 Å². The summed E-state index contributed by atoms with van der Waals surface area (Å²) in [6.45, 7) is 1.17. The molecule has 0 spiro atoms. The highest BCUT2D eigenvalue weighted by molar-refractivity contribution is 6.35. The van der Waals surface area contributed by atoms with Gasteiger partial charge in [0.05, 0.1) is 5.02 Å². The summed E-state index contributed by atoms with van der Waals surface area (Å²) in [6.07, 6.45) is 3.11. The lowest BCUT2D eigenvalue weighted by molar-refractivity contribution is -0.135. The van der Waals surface area contributed by atoms with E-state index in [4.69, 9.17) is 32.7 Å². The first kappa shape index (κ1) is 17.8. The molecule has 8 heteroatoms. The van der Waals surface area contributed by atoms with Crippen LogP contribution in [0.15, 0.2) is 36.5 Å². The Morgan fingerprint density at radius 3 is 2.72 bits per heavy atom. The highest BCUT2D eigenvalue weighted by atomic mass is 35.5. The standard InChI is InChI=1S/C17H17Cl2N3O3/c18-12-3-4-15(14(19)10-12)24-11-17(23)22-8-5-13(6-9-22)25-16-2-1-7-20-21-16/h1-4,7,10,13H,5-6,8-9,11H2. The topological polar surface area (TPSA) is 64.5 Å². The van der Waals surface area contributed by atoms with E-state index in [1.165, 1.54) is 0 Å². The summed E-state index contributed by atoms with van der Waals surface area (Å²) in [5.41, 5.74) is 0. The maximum absolute atomic E-state index is 12.3. The number of amides is 1. The number of nitrogens with zero attached hydrogens (tertiary/aromatic N) is 3. The molecular formula is C17H17Cl2N3O3. The number of halogens is 2. The van der Waals surface area contributed by atoms with Crippen molar-refractivity contribution in [2.75, 3.05) is 19.7 Å². The number of carbonyl (C=O) groups is 1. The molecule has 0 bridgehead atoms. The number of hydrogen-bond donors (Lipinski definition) is 0. The van der Waals surface area contributed by atoms with E-state index in [0.717, 1.165) is 12.8 Å². The van der Waals surface area contributed by atoms with E-state index in [9.17, 15) is 4.79 Å². The van der Waals surface area contributed by atoms with Crippen LogP contribution in [-0.2, 0) is 4.79 Å². The van der Waals surface area contributed by atoms with Crippen molar-refractivity contribution in [3.05, 3.63) is 46.6 Å². The molecule has 1 aliphatic heterocycles. The molecule has 1 aliphatic rings. The molecule has 25 heavy (non-hydrogen) atoms. The Balaban J connectivity index is 1.45. The molecule has 1 amide bonds. The van der Waals surface area contributed by atoms with Gasteiger partial charge in [0, 0.05) is 43.2 Å². The van der Waals surface area contributed by atoms with Crippen LogP contribution in [0.4, 0.5) is 0 Å². The Kier molecular flexibility index (Phi) is 5.94. The largest absolute Gasteiger partial charge is 0.482 e. The minimum Gasteiger partial charge on any atom is -0.482 e. The summed E-state index contributed by atoms with van der Waals surface area (Å²) in [5, 5.41) is 8.60. The van der Waals surface area contributed by atoms with Gasteiger partial charge in [-0.2, -0.15) is 5.10 Å². The Morgan fingerprint density at radius 1 is 1.24 bits per heavy atom. The van der Waals surface area contributed by atoms with Crippen molar-refractivity contribution in [1.29, 1.82) is 0 Å². The Labute approximate surface area is 155 Å². The average molecular weight is 382 g/mol. The zero-order chi connectivity index (χ0) is 17.6. The molecule has 0 N–H and O–H groups in total. The van der Waals surface area contributed by atoms with Gasteiger partial charge in [0.25, 0.3) is 5.91 Å². The third-order valence-electron chi connectivity index (χ3n) is 3.88. The number of carbonyl (C=O) groups excluding carboxylic acids is 1. The monoisotopic (exact) mass is 381 g/mol. The normalized spacial score (nSPS) is 15.0. The summed E-state index contributed by atoms with van der Waals surface area (Å²) >= 11 is 11.9. The van der Waals surface area contributed by atoms with Gasteiger partial charge in [0.15, 0.2) is 6.61 Å². The maximum Gasteiger partial charge on any atom is 0.260 e. The lowest BCUT2D eigenvalue weighted by Gasteiger charge is -2.31. The van der Waals surface area contributed by atoms with Crippen LogP contribution in [0, 0.1) is 0 Å². The van der Waals surface area contributed by atoms with Crippen LogP contribution in [0.1, 0.15) is 12.8 Å². The molecule has 2 aromatic rings. The summed E-state index contributed by atoms with van der Waals surface area (Å²) < 4.78 is 11.3. The fourth-order valence-electron chi connectivity index (χ4n) is 2.57. The van der Waals surface area contributed by atoms with Gasteiger partial charge >= 0.3 is 0 Å². The predicted octanol–water partition coefficient (Wildman–Crippen LogP) is 3.23. The van der Waals surface area contributed by atoms with Gasteiger partial charge < -0.3 is 14.4 Å². The molecule has 1 fully saturated rings. The van der Waals surface area contributed by atoms with Crippen LogP contribution in [0.5, 0.6) is 11.6 Å². The fraction of sp³-hybridized carbons (Fsp3) is 0.353. The van der Waals surface area contributed by atoms with Gasteiger partial charge in [-0.15, -0.1) is 5.10 Å². The van der Waals surface area contributed by atoms with Crippen LogP contribution >= 0.6 is 23.2 Å². The molecule has 1 aromatic heterocycles. The number of benzene rings is 1. The first-order chi connectivity index (χ1) is 12.1. The molecule has 6 nitrogen and oxygen atoms in total. The number of likely N-dealkylation sites (tertiary alicyclic amines) is 1. The summed E-state index contributed by atoms with van der Waals surface area (Å²) in [6, 6.07) is 8.45. The minimum atomic E-state index is -0.0797. The molecule has 0 aliphatic carbocycles. The van der Waals surface area contributed by atoms with E-state index < -0.39 is 0 Å². The van der Waals surface area contributed by atoms with Crippen LogP contribution in [-0.4, -0.2) is 46.8 Å². The molecule has 0 unspecified atom stereocenters. The maximum atomic E-state index is 12.3. The number of hydrogen-bond acceptors (Lipinski definition) is 5. The SMILES string of the molecule is O=C(COc1ccc(Cl)cc1Cl)N1CCC(Oc2cccnn2)CC1. The number of piperidine rings is 1. The molecule has 3 rings (SSSR count). The Morgan fingerprint density at radius 2 is 2.04 bits per heavy atom. The summed E-state index contributed by atoms with van der Waals surface area (Å²) in [5.74, 6) is 0.872. The van der Waals surface area contributed by atoms with E-state index in [1.807, 2.05) is 0 Å². The average Bonchev–Trinajstić information content (AvgIpc) is 2.62. The first-order valence-electron chi connectivity index (χ1n) is 7.92. The van der Waals surface area contributed by atoms with E-state index in [-0.39, 0.29) is 18.6 Å². The fourth-order valence-corrected chi connectivity index (χ4v) is 3.03. The van der Waals surface area contributed by atoms with Crippen molar-refractivity contribution in [1.82, 2.24) is 15.1 Å². The van der Waals surface area contributed by atoms with Crippen molar-refractivity contribution in [2.24, 2.45) is 0 Å². The second-order valence-electron chi connectivity index (χ2n) is 5.62. The number of ether oxygens (including phenoxy) is 2. The van der Waals surface area contributed by atoms with Crippen molar-refractivity contribution in [3.8, 4) is 11.6 Å². The van der Waals surface area contributed by atoms with Gasteiger partial charge in [-0.05, 0) is 24.3 Å². The van der Waals surface area contributed by atoms with E-state index >= 15 is 0 Å². The molecule has 0 atom stereocenters. The van der Waals surface area contributed by atoms with Crippen molar-refractivity contribution in [3.63, 3.8) is 0 Å². The molecule has 2 heterocycles. The van der Waals surface area contributed by atoms with Crippen LogP contribution in [0.25, 0.3) is 0 Å². The zero-order valence-corrected chi connectivity index (χ0v) is 14.9. The first-order valence-corrected chi connectivity index (χ1v) is 8.67. The molecule has 1 saturated heterocycles. The second kappa shape index (κ2) is 8.36. The molecular weight excluding hydrogens is 365 g/mol. The van der Waals surface area contributed by atoms with Gasteiger partial charge in [-0.1, -0.05) is 23.2 Å². The van der Waals surface area contributed by atoms with Gasteiger partial charge in [0.1, 0.15) is 11.9 Å². The summed E-state index contributed by atoms with van der Waals surface area (Å²) in [4.78, 5) is 14.0. The highest BCUT2D eigenvalue weighted by Crippen LogP contribution is 2.27. The smallest absolute Gasteiger partial charge is 0.260 e. The van der Waals surface area contributed by atoms with Gasteiger partial charge in [-0.3, -0.25) is 4.79 Å². The van der Waals surface area contributed by atoms with Gasteiger partial charge in [0.2, 0.25) is 5.88 Å². The third kappa shape index (κ3) is 4.96. The Hall–Kier alpha value is -2.05. The second-order valence-corrected chi connectivity index (χ2v) is 6.47. The zero-order valence-electron chi connectivity index (χ0n) is 13.4. The predicted molar refractivity (Wildman–Crippen MR) is 94.2 cm³/mol. The molecule has 1 aromatic carbocycles. The van der Waals surface area contributed by atoms with Crippen molar-refractivity contribution >= 4 is 29.1 Å². The number of rotatable bonds is 5. The quantitative estimate of drug-likeness (QED) is 0.795. The van der Waals surface area contributed by atoms with Crippen molar-refractivity contribution in [2.45, 2.75) is 18.9 Å². The molecule has 0 radical (unpaired) electrons. The number of aromatic nitrogens is 2. The molecule has 0 saturated carbocycles.